The molecule has 0 saturated carbocycles. The Bertz CT molecular complexity index is 536. The van der Waals surface area contributed by atoms with Gasteiger partial charge in [0.1, 0.15) is 0 Å². The van der Waals surface area contributed by atoms with Gasteiger partial charge in [-0.1, -0.05) is 0 Å². The summed E-state index contributed by atoms with van der Waals surface area (Å²) in [5.74, 6) is 0. The van der Waals surface area contributed by atoms with Crippen LogP contribution in [0.3, 0.4) is 0 Å². The average Bonchev–Trinajstić information content (AvgIpc) is 2.57. The predicted octanol–water partition coefficient (Wildman–Crippen LogP) is 1.35. The highest BCUT2D eigenvalue weighted by atomic mass is 15.4. The smallest absolute Gasteiger partial charge is 0.0847 e. The van der Waals surface area contributed by atoms with Gasteiger partial charge in [0.05, 0.1) is 5.54 Å². The molecule has 2 aromatic rings. The molecule has 3 aliphatic heterocycles. The molecule has 0 N–H and O–H groups in total. The third-order valence-electron chi connectivity index (χ3n) is 4.68. The van der Waals surface area contributed by atoms with Crippen LogP contribution >= 0.6 is 0 Å². The van der Waals surface area contributed by atoms with Gasteiger partial charge >= 0.3 is 0 Å². The Labute approximate surface area is 119 Å². The van der Waals surface area contributed by atoms with Crippen molar-refractivity contribution in [1.82, 2.24) is 19.8 Å². The van der Waals surface area contributed by atoms with Gasteiger partial charge in [-0.2, -0.15) is 0 Å². The number of pyridine rings is 2. The molecule has 0 amide bonds. The summed E-state index contributed by atoms with van der Waals surface area (Å²) in [6, 6.07) is 8.62. The maximum atomic E-state index is 4.18. The summed E-state index contributed by atoms with van der Waals surface area (Å²) in [4.78, 5) is 13.6. The number of nitrogens with zero attached hydrogens (tertiary/aromatic N) is 4. The SMILES string of the molecule is c1cc(C2(c3ccncc3)CN3CCN2CC3)ccn1. The van der Waals surface area contributed by atoms with Crippen LogP contribution in [0.4, 0.5) is 0 Å². The fourth-order valence-electron chi connectivity index (χ4n) is 3.68. The van der Waals surface area contributed by atoms with Crippen LogP contribution in [0.5, 0.6) is 0 Å². The minimum absolute atomic E-state index is 0.0393. The number of hydrogen-bond acceptors (Lipinski definition) is 4. The highest BCUT2D eigenvalue weighted by molar-refractivity contribution is 5.39. The van der Waals surface area contributed by atoms with E-state index >= 15 is 0 Å². The van der Waals surface area contributed by atoms with Crippen molar-refractivity contribution in [1.29, 1.82) is 0 Å². The quantitative estimate of drug-likeness (QED) is 0.821. The summed E-state index contributed by atoms with van der Waals surface area (Å²) in [6.07, 6.45) is 7.60. The minimum Gasteiger partial charge on any atom is -0.298 e. The van der Waals surface area contributed by atoms with E-state index in [4.69, 9.17) is 0 Å². The molecule has 0 unspecified atom stereocenters. The second-order valence-corrected chi connectivity index (χ2v) is 5.60. The molecule has 0 aliphatic carbocycles. The maximum Gasteiger partial charge on any atom is 0.0847 e. The summed E-state index contributed by atoms with van der Waals surface area (Å²) in [6.45, 7) is 5.67. The van der Waals surface area contributed by atoms with Crippen molar-refractivity contribution in [3.05, 3.63) is 60.2 Å². The number of rotatable bonds is 2. The minimum atomic E-state index is -0.0393. The van der Waals surface area contributed by atoms with Gasteiger partial charge in [-0.15, -0.1) is 0 Å². The summed E-state index contributed by atoms with van der Waals surface area (Å²) in [7, 11) is 0. The molecule has 0 radical (unpaired) electrons. The summed E-state index contributed by atoms with van der Waals surface area (Å²) in [5.41, 5.74) is 2.63. The molecule has 0 atom stereocenters. The van der Waals surface area contributed by atoms with Gasteiger partial charge in [-0.3, -0.25) is 19.8 Å². The molecule has 4 nitrogen and oxygen atoms in total. The molecule has 5 heterocycles. The Balaban J connectivity index is 1.90. The topological polar surface area (TPSA) is 32.3 Å². The standard InChI is InChI=1S/C16H18N4/c1-5-17-6-2-14(1)16(15-3-7-18-8-4-15)13-19-9-11-20(16)12-10-19/h1-8H,9-13H2. The number of hydrogen-bond donors (Lipinski definition) is 0. The Kier molecular flexibility index (Phi) is 2.79. The Morgan fingerprint density at radius 1 is 0.750 bits per heavy atom. The lowest BCUT2D eigenvalue weighted by Gasteiger charge is -2.56. The Hall–Kier alpha value is -1.78. The van der Waals surface area contributed by atoms with E-state index in [9.17, 15) is 0 Å². The van der Waals surface area contributed by atoms with E-state index in [-0.39, 0.29) is 5.54 Å². The van der Waals surface area contributed by atoms with E-state index in [1.807, 2.05) is 24.8 Å². The van der Waals surface area contributed by atoms with Gasteiger partial charge in [0.15, 0.2) is 0 Å². The molecule has 2 aromatic heterocycles. The van der Waals surface area contributed by atoms with E-state index in [0.29, 0.717) is 0 Å². The first-order valence-corrected chi connectivity index (χ1v) is 7.18. The highest BCUT2D eigenvalue weighted by Gasteiger charge is 2.47. The largest absolute Gasteiger partial charge is 0.298 e. The van der Waals surface area contributed by atoms with Crippen LogP contribution in [-0.2, 0) is 5.54 Å². The monoisotopic (exact) mass is 266 g/mol. The Morgan fingerprint density at radius 3 is 1.65 bits per heavy atom. The van der Waals surface area contributed by atoms with Crippen molar-refractivity contribution in [3.63, 3.8) is 0 Å². The maximum absolute atomic E-state index is 4.18. The van der Waals surface area contributed by atoms with Crippen LogP contribution < -0.4 is 0 Å². The van der Waals surface area contributed by atoms with E-state index in [1.54, 1.807) is 0 Å². The van der Waals surface area contributed by atoms with Gasteiger partial charge in [0.25, 0.3) is 0 Å². The van der Waals surface area contributed by atoms with Crippen LogP contribution in [-0.4, -0.2) is 52.5 Å². The molecule has 20 heavy (non-hydrogen) atoms. The number of aromatic nitrogens is 2. The summed E-state index contributed by atoms with van der Waals surface area (Å²) in [5, 5.41) is 0. The van der Waals surface area contributed by atoms with Crippen molar-refractivity contribution in [3.8, 4) is 0 Å². The van der Waals surface area contributed by atoms with E-state index in [0.717, 1.165) is 19.6 Å². The van der Waals surface area contributed by atoms with Gasteiger partial charge in [-0.25, -0.2) is 0 Å². The lowest BCUT2D eigenvalue weighted by molar-refractivity contribution is -0.0356. The lowest BCUT2D eigenvalue weighted by atomic mass is 9.78. The van der Waals surface area contributed by atoms with Crippen LogP contribution in [0.25, 0.3) is 0 Å². The molecular weight excluding hydrogens is 248 g/mol. The van der Waals surface area contributed by atoms with Crippen LogP contribution in [0.1, 0.15) is 11.1 Å². The fourth-order valence-corrected chi connectivity index (χ4v) is 3.68. The number of piperazine rings is 3. The zero-order valence-corrected chi connectivity index (χ0v) is 11.4. The normalized spacial score (nSPS) is 27.4. The first-order chi connectivity index (χ1) is 9.89. The van der Waals surface area contributed by atoms with Crippen molar-refractivity contribution in [2.75, 3.05) is 32.7 Å². The number of fused-ring (bicyclic) bond motifs is 3. The molecule has 0 aromatic carbocycles. The third-order valence-corrected chi connectivity index (χ3v) is 4.68. The lowest BCUT2D eigenvalue weighted by Crippen LogP contribution is -2.67. The Morgan fingerprint density at radius 2 is 1.25 bits per heavy atom. The fraction of sp³-hybridized carbons (Fsp3) is 0.375. The molecule has 2 bridgehead atoms. The molecular formula is C16H18N4. The molecule has 4 heteroatoms. The molecule has 5 rings (SSSR count). The second kappa shape index (κ2) is 4.65. The van der Waals surface area contributed by atoms with Gasteiger partial charge < -0.3 is 0 Å². The van der Waals surface area contributed by atoms with Crippen molar-refractivity contribution in [2.24, 2.45) is 0 Å². The molecule has 0 spiro atoms. The first-order valence-electron chi connectivity index (χ1n) is 7.18. The zero-order chi connectivity index (χ0) is 13.4. The molecule has 102 valence electrons. The first kappa shape index (κ1) is 12.0. The third kappa shape index (κ3) is 1.69. The van der Waals surface area contributed by atoms with Crippen LogP contribution in [0.15, 0.2) is 49.1 Å². The highest BCUT2D eigenvalue weighted by Crippen LogP contribution is 2.40. The average molecular weight is 266 g/mol. The van der Waals surface area contributed by atoms with E-state index in [2.05, 4.69) is 44.0 Å². The van der Waals surface area contributed by atoms with Crippen LogP contribution in [0, 0.1) is 0 Å². The second-order valence-electron chi connectivity index (χ2n) is 5.60. The van der Waals surface area contributed by atoms with Crippen LogP contribution in [0.2, 0.25) is 0 Å². The molecule has 3 aliphatic rings. The molecule has 3 fully saturated rings. The van der Waals surface area contributed by atoms with Gasteiger partial charge in [0.2, 0.25) is 0 Å². The van der Waals surface area contributed by atoms with Crippen molar-refractivity contribution in [2.45, 2.75) is 5.54 Å². The van der Waals surface area contributed by atoms with Crippen molar-refractivity contribution < 1.29 is 0 Å². The van der Waals surface area contributed by atoms with Gasteiger partial charge in [-0.05, 0) is 35.4 Å². The summed E-state index contributed by atoms with van der Waals surface area (Å²) < 4.78 is 0. The van der Waals surface area contributed by atoms with Crippen molar-refractivity contribution >= 4 is 0 Å². The summed E-state index contributed by atoms with van der Waals surface area (Å²) >= 11 is 0. The van der Waals surface area contributed by atoms with Gasteiger partial charge in [0, 0.05) is 57.5 Å². The van der Waals surface area contributed by atoms with E-state index < -0.39 is 0 Å². The zero-order valence-electron chi connectivity index (χ0n) is 11.4. The van der Waals surface area contributed by atoms with E-state index in [1.165, 1.54) is 24.2 Å². The predicted molar refractivity (Wildman–Crippen MR) is 77.3 cm³/mol. The molecule has 3 saturated heterocycles.